The number of primary amides is 1. The summed E-state index contributed by atoms with van der Waals surface area (Å²) in [5.74, 6) is 0.111. The van der Waals surface area contributed by atoms with Gasteiger partial charge in [0.25, 0.3) is 11.8 Å². The number of aromatic nitrogens is 3. The molecule has 2 rings (SSSR count). The zero-order valence-corrected chi connectivity index (χ0v) is 7.97. The topological polar surface area (TPSA) is 94.9 Å². The second-order valence-electron chi connectivity index (χ2n) is 2.91. The number of carbonyl (C=O) groups excluding carboxylic acids is 1. The summed E-state index contributed by atoms with van der Waals surface area (Å²) < 4.78 is 4.93. The van der Waals surface area contributed by atoms with E-state index in [-0.39, 0.29) is 11.6 Å². The lowest BCUT2D eigenvalue weighted by Crippen LogP contribution is -2.14. The van der Waals surface area contributed by atoms with Gasteiger partial charge in [-0.3, -0.25) is 9.78 Å². The van der Waals surface area contributed by atoms with Crippen LogP contribution in [0.2, 0.25) is 0 Å². The highest BCUT2D eigenvalue weighted by Gasteiger charge is 2.15. The van der Waals surface area contributed by atoms with Crippen molar-refractivity contribution in [3.63, 3.8) is 0 Å². The molecule has 0 saturated carbocycles. The van der Waals surface area contributed by atoms with Gasteiger partial charge in [-0.15, -0.1) is 0 Å². The van der Waals surface area contributed by atoms with Crippen molar-refractivity contribution in [3.05, 3.63) is 29.8 Å². The molecule has 0 radical (unpaired) electrons. The molecule has 2 N–H and O–H groups in total. The number of hydrogen-bond acceptors (Lipinski definition) is 5. The SMILES string of the molecule is Cc1noc(-c2cccnc2C(N)=O)n1. The summed E-state index contributed by atoms with van der Waals surface area (Å²) in [4.78, 5) is 18.9. The highest BCUT2D eigenvalue weighted by molar-refractivity contribution is 5.96. The van der Waals surface area contributed by atoms with Gasteiger partial charge in [-0.1, -0.05) is 5.16 Å². The van der Waals surface area contributed by atoms with Crippen molar-refractivity contribution in [2.75, 3.05) is 0 Å². The van der Waals surface area contributed by atoms with Crippen molar-refractivity contribution in [2.45, 2.75) is 6.92 Å². The number of nitrogens with two attached hydrogens (primary N) is 1. The van der Waals surface area contributed by atoms with Gasteiger partial charge in [0.1, 0.15) is 5.69 Å². The third kappa shape index (κ3) is 1.69. The molecular formula is C9H8N4O2. The maximum atomic E-state index is 11.1. The first-order chi connectivity index (χ1) is 7.18. The third-order valence-electron chi connectivity index (χ3n) is 1.80. The number of carbonyl (C=O) groups is 1. The van der Waals surface area contributed by atoms with Crippen molar-refractivity contribution in [1.82, 2.24) is 15.1 Å². The number of pyridine rings is 1. The van der Waals surface area contributed by atoms with Crippen molar-refractivity contribution in [2.24, 2.45) is 5.73 Å². The Morgan fingerprint density at radius 3 is 2.93 bits per heavy atom. The lowest BCUT2D eigenvalue weighted by molar-refractivity contribution is 0.0996. The Morgan fingerprint density at radius 2 is 2.33 bits per heavy atom. The van der Waals surface area contributed by atoms with Gasteiger partial charge in [-0.25, -0.2) is 0 Å². The molecule has 76 valence electrons. The van der Waals surface area contributed by atoms with Crippen LogP contribution < -0.4 is 5.73 Å². The molecule has 2 aromatic heterocycles. The molecule has 1 amide bonds. The first-order valence-electron chi connectivity index (χ1n) is 4.24. The van der Waals surface area contributed by atoms with Crippen molar-refractivity contribution in [1.29, 1.82) is 0 Å². The van der Waals surface area contributed by atoms with Crippen LogP contribution in [-0.4, -0.2) is 21.0 Å². The van der Waals surface area contributed by atoms with E-state index in [1.165, 1.54) is 6.20 Å². The Kier molecular flexibility index (Phi) is 2.17. The van der Waals surface area contributed by atoms with Crippen LogP contribution in [-0.2, 0) is 0 Å². The minimum Gasteiger partial charge on any atom is -0.364 e. The molecule has 0 atom stereocenters. The van der Waals surface area contributed by atoms with Gasteiger partial charge in [0.15, 0.2) is 5.82 Å². The smallest absolute Gasteiger partial charge is 0.268 e. The zero-order valence-electron chi connectivity index (χ0n) is 7.97. The van der Waals surface area contributed by atoms with Gasteiger partial charge in [-0.2, -0.15) is 4.98 Å². The van der Waals surface area contributed by atoms with Crippen LogP contribution in [0.5, 0.6) is 0 Å². The highest BCUT2D eigenvalue weighted by atomic mass is 16.5. The monoisotopic (exact) mass is 204 g/mol. The van der Waals surface area contributed by atoms with Crippen LogP contribution in [0.3, 0.4) is 0 Å². The number of aryl methyl sites for hydroxylation is 1. The van der Waals surface area contributed by atoms with E-state index in [0.717, 1.165) is 0 Å². The fourth-order valence-corrected chi connectivity index (χ4v) is 1.18. The molecule has 2 heterocycles. The van der Waals surface area contributed by atoms with E-state index in [9.17, 15) is 4.79 Å². The predicted octanol–water partition coefficient (Wildman–Crippen LogP) is 0.539. The maximum absolute atomic E-state index is 11.1. The summed E-state index contributed by atoms with van der Waals surface area (Å²) >= 11 is 0. The summed E-state index contributed by atoms with van der Waals surface area (Å²) in [6.45, 7) is 1.69. The molecule has 0 spiro atoms. The minimum absolute atomic E-state index is 0.126. The van der Waals surface area contributed by atoms with Crippen molar-refractivity contribution < 1.29 is 9.32 Å². The van der Waals surface area contributed by atoms with Gasteiger partial charge in [0, 0.05) is 6.20 Å². The number of hydrogen-bond donors (Lipinski definition) is 1. The molecular weight excluding hydrogens is 196 g/mol. The standard InChI is InChI=1S/C9H8N4O2/c1-5-12-9(15-13-5)6-3-2-4-11-7(6)8(10)14/h2-4H,1H3,(H2,10,14). The van der Waals surface area contributed by atoms with Crippen LogP contribution in [0, 0.1) is 6.92 Å². The lowest BCUT2D eigenvalue weighted by Gasteiger charge is -1.98. The van der Waals surface area contributed by atoms with Gasteiger partial charge in [0.2, 0.25) is 0 Å². The lowest BCUT2D eigenvalue weighted by atomic mass is 10.2. The normalized spacial score (nSPS) is 10.2. The van der Waals surface area contributed by atoms with Crippen LogP contribution >= 0.6 is 0 Å². The minimum atomic E-state index is -0.624. The molecule has 0 bridgehead atoms. The number of rotatable bonds is 2. The Balaban J connectivity index is 2.57. The molecule has 0 aliphatic carbocycles. The van der Waals surface area contributed by atoms with Gasteiger partial charge in [0.05, 0.1) is 5.56 Å². The fourth-order valence-electron chi connectivity index (χ4n) is 1.18. The molecule has 0 unspecified atom stereocenters. The average molecular weight is 204 g/mol. The molecule has 0 fully saturated rings. The average Bonchev–Trinajstić information content (AvgIpc) is 2.65. The van der Waals surface area contributed by atoms with E-state index in [1.54, 1.807) is 19.1 Å². The summed E-state index contributed by atoms with van der Waals surface area (Å²) in [6.07, 6.45) is 1.48. The molecule has 0 saturated heterocycles. The first-order valence-corrected chi connectivity index (χ1v) is 4.24. The van der Waals surface area contributed by atoms with E-state index in [2.05, 4.69) is 15.1 Å². The summed E-state index contributed by atoms with van der Waals surface area (Å²) in [6, 6.07) is 3.32. The van der Waals surface area contributed by atoms with Gasteiger partial charge in [-0.05, 0) is 19.1 Å². The van der Waals surface area contributed by atoms with Crippen LogP contribution in [0.4, 0.5) is 0 Å². The third-order valence-corrected chi connectivity index (χ3v) is 1.80. The first kappa shape index (κ1) is 9.32. The Morgan fingerprint density at radius 1 is 1.53 bits per heavy atom. The zero-order chi connectivity index (χ0) is 10.8. The number of amides is 1. The molecule has 0 aliphatic rings. The molecule has 15 heavy (non-hydrogen) atoms. The van der Waals surface area contributed by atoms with Crippen molar-refractivity contribution in [3.8, 4) is 11.5 Å². The fraction of sp³-hybridized carbons (Fsp3) is 0.111. The molecule has 0 aliphatic heterocycles. The number of nitrogens with zero attached hydrogens (tertiary/aromatic N) is 3. The van der Waals surface area contributed by atoms with Crippen LogP contribution in [0.25, 0.3) is 11.5 Å². The Labute approximate surface area is 85.1 Å². The van der Waals surface area contributed by atoms with E-state index < -0.39 is 5.91 Å². The van der Waals surface area contributed by atoms with E-state index in [1.807, 2.05) is 0 Å². The summed E-state index contributed by atoms with van der Waals surface area (Å²) in [5, 5.41) is 3.63. The maximum Gasteiger partial charge on any atom is 0.268 e. The summed E-state index contributed by atoms with van der Waals surface area (Å²) in [7, 11) is 0. The van der Waals surface area contributed by atoms with Crippen LogP contribution in [0.1, 0.15) is 16.3 Å². The Bertz CT molecular complexity index is 506. The van der Waals surface area contributed by atoms with Gasteiger partial charge >= 0.3 is 0 Å². The quantitative estimate of drug-likeness (QED) is 0.770. The van der Waals surface area contributed by atoms with Gasteiger partial charge < -0.3 is 10.3 Å². The second-order valence-corrected chi connectivity index (χ2v) is 2.91. The molecule has 0 aromatic carbocycles. The predicted molar refractivity (Wildman–Crippen MR) is 50.8 cm³/mol. The van der Waals surface area contributed by atoms with Crippen LogP contribution in [0.15, 0.2) is 22.9 Å². The highest BCUT2D eigenvalue weighted by Crippen LogP contribution is 2.19. The molecule has 2 aromatic rings. The second kappa shape index (κ2) is 3.49. The van der Waals surface area contributed by atoms with E-state index in [4.69, 9.17) is 10.3 Å². The Hall–Kier alpha value is -2.24. The van der Waals surface area contributed by atoms with Crippen molar-refractivity contribution >= 4 is 5.91 Å². The largest absolute Gasteiger partial charge is 0.364 e. The van der Waals surface area contributed by atoms with E-state index >= 15 is 0 Å². The molecule has 6 nitrogen and oxygen atoms in total. The molecule has 6 heteroatoms. The van der Waals surface area contributed by atoms with E-state index in [0.29, 0.717) is 11.4 Å². The summed E-state index contributed by atoms with van der Waals surface area (Å²) in [5.41, 5.74) is 5.74.